The molecule has 0 aliphatic carbocycles. The SMILES string of the molecule is Cc1coc(/C=C/C(=O)Nc2nnc(C(C)C)s2)n1. The van der Waals surface area contributed by atoms with Crippen molar-refractivity contribution in [3.05, 3.63) is 28.9 Å². The van der Waals surface area contributed by atoms with Crippen LogP contribution >= 0.6 is 11.3 Å². The number of anilines is 1. The number of oxazole rings is 1. The highest BCUT2D eigenvalue weighted by Crippen LogP contribution is 2.22. The fraction of sp³-hybridized carbons (Fsp3) is 0.333. The van der Waals surface area contributed by atoms with E-state index in [0.29, 0.717) is 16.9 Å². The standard InChI is InChI=1S/C12H14N4O2S/c1-7(2)11-15-16-12(19-11)14-9(17)4-5-10-13-8(3)6-18-10/h4-7H,1-3H3,(H,14,16,17)/b5-4+. The Balaban J connectivity index is 1.95. The third kappa shape index (κ3) is 3.72. The van der Waals surface area contributed by atoms with Gasteiger partial charge in [0.15, 0.2) is 0 Å². The highest BCUT2D eigenvalue weighted by Gasteiger charge is 2.09. The van der Waals surface area contributed by atoms with Gasteiger partial charge in [-0.3, -0.25) is 10.1 Å². The molecule has 7 heteroatoms. The van der Waals surface area contributed by atoms with Gasteiger partial charge in [0.2, 0.25) is 16.9 Å². The largest absolute Gasteiger partial charge is 0.445 e. The molecule has 0 aliphatic heterocycles. The lowest BCUT2D eigenvalue weighted by molar-refractivity contribution is -0.111. The molecule has 2 aromatic heterocycles. The molecular weight excluding hydrogens is 264 g/mol. The minimum Gasteiger partial charge on any atom is -0.445 e. The average Bonchev–Trinajstić information content (AvgIpc) is 2.96. The Hall–Kier alpha value is -2.02. The van der Waals surface area contributed by atoms with E-state index in [2.05, 4.69) is 20.5 Å². The first-order valence-electron chi connectivity index (χ1n) is 5.79. The second-order valence-electron chi connectivity index (χ2n) is 4.25. The Bertz CT molecular complexity index is 600. The molecular formula is C12H14N4O2S. The number of nitrogens with one attached hydrogen (secondary N) is 1. The summed E-state index contributed by atoms with van der Waals surface area (Å²) in [4.78, 5) is 15.7. The number of hydrogen-bond acceptors (Lipinski definition) is 6. The quantitative estimate of drug-likeness (QED) is 0.869. The van der Waals surface area contributed by atoms with Gasteiger partial charge in [-0.05, 0) is 6.92 Å². The first kappa shape index (κ1) is 13.4. The van der Waals surface area contributed by atoms with Gasteiger partial charge in [0.05, 0.1) is 5.69 Å². The van der Waals surface area contributed by atoms with Crippen molar-refractivity contribution in [3.63, 3.8) is 0 Å². The Morgan fingerprint density at radius 2 is 2.26 bits per heavy atom. The van der Waals surface area contributed by atoms with Crippen molar-refractivity contribution in [1.82, 2.24) is 15.2 Å². The zero-order valence-electron chi connectivity index (χ0n) is 10.9. The summed E-state index contributed by atoms with van der Waals surface area (Å²) in [6, 6.07) is 0. The van der Waals surface area contributed by atoms with Crippen molar-refractivity contribution in [2.45, 2.75) is 26.7 Å². The molecule has 0 atom stereocenters. The van der Waals surface area contributed by atoms with Crippen molar-refractivity contribution >= 4 is 28.5 Å². The second kappa shape index (κ2) is 5.75. The normalized spacial score (nSPS) is 11.4. The summed E-state index contributed by atoms with van der Waals surface area (Å²) in [6.07, 6.45) is 4.38. The minimum atomic E-state index is -0.290. The maximum Gasteiger partial charge on any atom is 0.250 e. The predicted molar refractivity (Wildman–Crippen MR) is 72.9 cm³/mol. The van der Waals surface area contributed by atoms with Gasteiger partial charge >= 0.3 is 0 Å². The van der Waals surface area contributed by atoms with Crippen LogP contribution < -0.4 is 5.32 Å². The van der Waals surface area contributed by atoms with Crippen LogP contribution in [0.2, 0.25) is 0 Å². The van der Waals surface area contributed by atoms with E-state index in [1.807, 2.05) is 20.8 Å². The van der Waals surface area contributed by atoms with E-state index >= 15 is 0 Å². The average molecular weight is 278 g/mol. The number of carbonyl (C=O) groups excluding carboxylic acids is 1. The Labute approximate surface area is 114 Å². The number of rotatable bonds is 4. The van der Waals surface area contributed by atoms with Crippen LogP contribution in [0.25, 0.3) is 6.08 Å². The number of hydrogen-bond donors (Lipinski definition) is 1. The van der Waals surface area contributed by atoms with E-state index in [-0.39, 0.29) is 5.91 Å². The predicted octanol–water partition coefficient (Wildman–Crippen LogP) is 2.61. The lowest BCUT2D eigenvalue weighted by atomic mass is 10.2. The van der Waals surface area contributed by atoms with Crippen molar-refractivity contribution in [2.75, 3.05) is 5.32 Å². The van der Waals surface area contributed by atoms with Gasteiger partial charge in [0, 0.05) is 18.1 Å². The molecule has 0 bridgehead atoms. The van der Waals surface area contributed by atoms with Crippen LogP contribution in [-0.2, 0) is 4.79 Å². The summed E-state index contributed by atoms with van der Waals surface area (Å²) >= 11 is 1.37. The molecule has 0 aromatic carbocycles. The Morgan fingerprint density at radius 1 is 1.47 bits per heavy atom. The summed E-state index contributed by atoms with van der Waals surface area (Å²) in [5.74, 6) is 0.407. The minimum absolute atomic E-state index is 0.290. The van der Waals surface area contributed by atoms with E-state index in [1.165, 1.54) is 29.8 Å². The lowest BCUT2D eigenvalue weighted by Gasteiger charge is -1.95. The molecule has 0 saturated carbocycles. The van der Waals surface area contributed by atoms with Crippen LogP contribution in [0.3, 0.4) is 0 Å². The zero-order valence-corrected chi connectivity index (χ0v) is 11.7. The fourth-order valence-electron chi connectivity index (χ4n) is 1.26. The van der Waals surface area contributed by atoms with Gasteiger partial charge in [0.25, 0.3) is 0 Å². The maximum atomic E-state index is 11.6. The van der Waals surface area contributed by atoms with Crippen LogP contribution in [0.1, 0.15) is 36.4 Å². The smallest absolute Gasteiger partial charge is 0.250 e. The van der Waals surface area contributed by atoms with E-state index in [4.69, 9.17) is 4.42 Å². The van der Waals surface area contributed by atoms with Gasteiger partial charge in [-0.15, -0.1) is 10.2 Å². The maximum absolute atomic E-state index is 11.6. The van der Waals surface area contributed by atoms with Crippen molar-refractivity contribution in [2.24, 2.45) is 0 Å². The van der Waals surface area contributed by atoms with Crippen molar-refractivity contribution in [3.8, 4) is 0 Å². The molecule has 100 valence electrons. The molecule has 0 unspecified atom stereocenters. The number of amides is 1. The second-order valence-corrected chi connectivity index (χ2v) is 5.26. The van der Waals surface area contributed by atoms with Gasteiger partial charge in [-0.2, -0.15) is 0 Å². The number of aromatic nitrogens is 3. The molecule has 6 nitrogen and oxygen atoms in total. The topological polar surface area (TPSA) is 80.9 Å². The molecule has 0 spiro atoms. The summed E-state index contributed by atoms with van der Waals surface area (Å²) < 4.78 is 5.10. The first-order valence-corrected chi connectivity index (χ1v) is 6.61. The molecule has 0 radical (unpaired) electrons. The summed E-state index contributed by atoms with van der Waals surface area (Å²) in [5.41, 5.74) is 0.769. The highest BCUT2D eigenvalue weighted by molar-refractivity contribution is 7.15. The van der Waals surface area contributed by atoms with Gasteiger partial charge in [-0.25, -0.2) is 4.98 Å². The monoisotopic (exact) mass is 278 g/mol. The molecule has 0 fully saturated rings. The van der Waals surface area contributed by atoms with Crippen LogP contribution in [-0.4, -0.2) is 21.1 Å². The summed E-state index contributed by atoms with van der Waals surface area (Å²) in [5, 5.41) is 11.9. The zero-order chi connectivity index (χ0) is 13.8. The number of carbonyl (C=O) groups is 1. The molecule has 0 aliphatic rings. The summed E-state index contributed by atoms with van der Waals surface area (Å²) in [6.45, 7) is 5.86. The van der Waals surface area contributed by atoms with Gasteiger partial charge in [0.1, 0.15) is 11.3 Å². The molecule has 2 heterocycles. The van der Waals surface area contributed by atoms with E-state index < -0.39 is 0 Å². The number of nitrogens with zero attached hydrogens (tertiary/aromatic N) is 3. The molecule has 19 heavy (non-hydrogen) atoms. The first-order chi connectivity index (χ1) is 9.04. The van der Waals surface area contributed by atoms with E-state index in [0.717, 1.165) is 10.7 Å². The lowest BCUT2D eigenvalue weighted by Crippen LogP contribution is -2.07. The van der Waals surface area contributed by atoms with E-state index in [9.17, 15) is 4.79 Å². The summed E-state index contributed by atoms with van der Waals surface area (Å²) in [7, 11) is 0. The number of aryl methyl sites for hydroxylation is 1. The van der Waals surface area contributed by atoms with Crippen LogP contribution in [0.5, 0.6) is 0 Å². The van der Waals surface area contributed by atoms with Crippen molar-refractivity contribution < 1.29 is 9.21 Å². The van der Waals surface area contributed by atoms with E-state index in [1.54, 1.807) is 0 Å². The molecule has 1 N–H and O–H groups in total. The third-order valence-electron chi connectivity index (χ3n) is 2.18. The highest BCUT2D eigenvalue weighted by atomic mass is 32.1. The molecule has 1 amide bonds. The molecule has 2 aromatic rings. The van der Waals surface area contributed by atoms with Gasteiger partial charge in [-0.1, -0.05) is 25.2 Å². The fourth-order valence-corrected chi connectivity index (χ4v) is 2.01. The van der Waals surface area contributed by atoms with Crippen LogP contribution in [0.15, 0.2) is 16.8 Å². The Kier molecular flexibility index (Phi) is 4.06. The van der Waals surface area contributed by atoms with Gasteiger partial charge < -0.3 is 4.42 Å². The Morgan fingerprint density at radius 3 is 2.84 bits per heavy atom. The molecule has 0 saturated heterocycles. The molecule has 2 rings (SSSR count). The van der Waals surface area contributed by atoms with Crippen LogP contribution in [0, 0.1) is 6.92 Å². The van der Waals surface area contributed by atoms with Crippen molar-refractivity contribution in [1.29, 1.82) is 0 Å². The van der Waals surface area contributed by atoms with Crippen LogP contribution in [0.4, 0.5) is 5.13 Å². The third-order valence-corrected chi connectivity index (χ3v) is 3.32.